The van der Waals surface area contributed by atoms with Gasteiger partial charge in [-0.25, -0.2) is 4.98 Å². The summed E-state index contributed by atoms with van der Waals surface area (Å²) in [5, 5.41) is 6.98. The summed E-state index contributed by atoms with van der Waals surface area (Å²) >= 11 is 0. The van der Waals surface area contributed by atoms with Crippen LogP contribution in [0.5, 0.6) is 5.75 Å². The van der Waals surface area contributed by atoms with Crippen LogP contribution in [-0.2, 0) is 16.6 Å². The van der Waals surface area contributed by atoms with E-state index in [2.05, 4.69) is 20.6 Å². The van der Waals surface area contributed by atoms with Crippen molar-refractivity contribution in [3.05, 3.63) is 30.6 Å². The van der Waals surface area contributed by atoms with Crippen LogP contribution < -0.4 is 15.4 Å². The third-order valence-electron chi connectivity index (χ3n) is 7.75. The van der Waals surface area contributed by atoms with Gasteiger partial charge in [-0.05, 0) is 69.2 Å². The number of Topliss-reactive ketones (excluding diaryl/α,β-unsaturated/α-hetero) is 1. The van der Waals surface area contributed by atoms with Gasteiger partial charge < -0.3 is 24.7 Å². The summed E-state index contributed by atoms with van der Waals surface area (Å²) < 4.78 is 13.5. The quantitative estimate of drug-likeness (QED) is 0.246. The predicted molar refractivity (Wildman–Crippen MR) is 154 cm³/mol. The fourth-order valence-electron chi connectivity index (χ4n) is 5.52. The molecule has 1 unspecified atom stereocenters. The van der Waals surface area contributed by atoms with Crippen molar-refractivity contribution in [3.8, 4) is 5.75 Å². The Hall–Kier alpha value is -3.20. The molecule has 1 aliphatic carbocycles. The second-order valence-corrected chi connectivity index (χ2v) is 10.9. The molecule has 210 valence electrons. The normalized spacial score (nSPS) is 18.2. The Morgan fingerprint density at radius 1 is 1.00 bits per heavy atom. The zero-order valence-electron chi connectivity index (χ0n) is 23.2. The van der Waals surface area contributed by atoms with E-state index >= 15 is 0 Å². The Bertz CT molecular complexity index is 1200. The molecule has 1 saturated heterocycles. The molecule has 39 heavy (non-hydrogen) atoms. The summed E-state index contributed by atoms with van der Waals surface area (Å²) in [5.74, 6) is 2.48. The first kappa shape index (κ1) is 27.4. The van der Waals surface area contributed by atoms with Crippen LogP contribution in [0, 0.1) is 0 Å². The third-order valence-corrected chi connectivity index (χ3v) is 7.75. The van der Waals surface area contributed by atoms with E-state index in [1.807, 2.05) is 35.9 Å². The van der Waals surface area contributed by atoms with Gasteiger partial charge >= 0.3 is 0 Å². The Kier molecular flexibility index (Phi) is 9.64. The van der Waals surface area contributed by atoms with Crippen LogP contribution in [-0.4, -0.2) is 50.7 Å². The molecule has 3 aromatic rings. The topological polar surface area (TPSA) is 103 Å². The number of rotatable bonds is 13. The van der Waals surface area contributed by atoms with Gasteiger partial charge in [-0.2, -0.15) is 9.97 Å². The van der Waals surface area contributed by atoms with Crippen LogP contribution in [0.4, 0.5) is 17.5 Å². The second kappa shape index (κ2) is 13.7. The maximum absolute atomic E-state index is 12.2. The van der Waals surface area contributed by atoms with Crippen molar-refractivity contribution in [2.24, 2.45) is 7.05 Å². The number of carbonyl (C=O) groups excluding carboxylic acids is 1. The van der Waals surface area contributed by atoms with Crippen molar-refractivity contribution in [3.63, 3.8) is 0 Å². The molecule has 1 aliphatic heterocycles. The Labute approximate surface area is 231 Å². The average Bonchev–Trinajstić information content (AvgIpc) is 3.35. The molecule has 0 amide bonds. The van der Waals surface area contributed by atoms with Crippen LogP contribution in [0.2, 0.25) is 0 Å². The molecule has 0 radical (unpaired) electrons. The number of anilines is 3. The van der Waals surface area contributed by atoms with Gasteiger partial charge in [0, 0.05) is 31.8 Å². The molecule has 2 N–H and O–H groups in total. The number of aromatic nitrogens is 4. The summed E-state index contributed by atoms with van der Waals surface area (Å²) in [6.45, 7) is 1.40. The van der Waals surface area contributed by atoms with Gasteiger partial charge in [0.05, 0.1) is 12.9 Å². The minimum atomic E-state index is -0.149. The van der Waals surface area contributed by atoms with Gasteiger partial charge in [0.2, 0.25) is 5.95 Å². The molecule has 0 spiro atoms. The molecule has 3 heterocycles. The number of imidazole rings is 1. The molecule has 1 saturated carbocycles. The van der Waals surface area contributed by atoms with Crippen molar-refractivity contribution >= 4 is 34.4 Å². The first-order valence-electron chi connectivity index (χ1n) is 14.8. The highest BCUT2D eigenvalue weighted by Crippen LogP contribution is 2.27. The van der Waals surface area contributed by atoms with E-state index in [-0.39, 0.29) is 11.9 Å². The number of fused-ring (bicyclic) bond motifs is 1. The van der Waals surface area contributed by atoms with Gasteiger partial charge in [-0.1, -0.05) is 32.1 Å². The van der Waals surface area contributed by atoms with Gasteiger partial charge in [-0.3, -0.25) is 4.79 Å². The van der Waals surface area contributed by atoms with Crippen molar-refractivity contribution in [1.29, 1.82) is 0 Å². The summed E-state index contributed by atoms with van der Waals surface area (Å²) in [6.07, 6.45) is 15.5. The predicted octanol–water partition coefficient (Wildman–Crippen LogP) is 6.32. The van der Waals surface area contributed by atoms with Crippen molar-refractivity contribution < 1.29 is 14.3 Å². The Morgan fingerprint density at radius 3 is 2.59 bits per heavy atom. The minimum Gasteiger partial charge on any atom is -0.494 e. The lowest BCUT2D eigenvalue weighted by Crippen LogP contribution is -2.27. The van der Waals surface area contributed by atoms with Gasteiger partial charge in [-0.15, -0.1) is 0 Å². The third kappa shape index (κ3) is 7.68. The zero-order valence-corrected chi connectivity index (χ0v) is 23.2. The highest BCUT2D eigenvalue weighted by Gasteiger charge is 2.21. The standard InChI is InChI=1S/C30H42N6O3/c1-36-21-31-28-27(36)29(32-22-11-5-4-6-12-22)35-30(34-28)33-23-15-17-24(18-16-23)38-19-9-3-2-7-13-25(37)26-14-8-10-20-39-26/h15-18,21-22,26H,2-14,19-20H2,1H3,(H2,32,33,34,35). The molecule has 9 nitrogen and oxygen atoms in total. The van der Waals surface area contributed by atoms with Gasteiger partial charge in [0.25, 0.3) is 0 Å². The molecule has 0 bridgehead atoms. The largest absolute Gasteiger partial charge is 0.494 e. The highest BCUT2D eigenvalue weighted by molar-refractivity contribution is 5.85. The SMILES string of the molecule is Cn1cnc2nc(Nc3ccc(OCCCCCCC(=O)C4CCCCO4)cc3)nc(NC3CCCCC3)c21. The van der Waals surface area contributed by atoms with E-state index in [4.69, 9.17) is 14.5 Å². The van der Waals surface area contributed by atoms with E-state index in [9.17, 15) is 4.79 Å². The number of nitrogens with zero attached hydrogens (tertiary/aromatic N) is 4. The number of benzene rings is 1. The lowest BCUT2D eigenvalue weighted by molar-refractivity contribution is -0.133. The van der Waals surface area contributed by atoms with Crippen molar-refractivity contribution in [2.75, 3.05) is 23.8 Å². The molecule has 2 aliphatic rings. The van der Waals surface area contributed by atoms with Crippen LogP contribution in [0.15, 0.2) is 30.6 Å². The number of aryl methyl sites for hydroxylation is 1. The first-order chi connectivity index (χ1) is 19.2. The summed E-state index contributed by atoms with van der Waals surface area (Å²) in [6, 6.07) is 8.33. The molecule has 5 rings (SSSR count). The van der Waals surface area contributed by atoms with E-state index in [0.717, 1.165) is 74.3 Å². The van der Waals surface area contributed by atoms with Crippen molar-refractivity contribution in [2.45, 2.75) is 95.6 Å². The maximum Gasteiger partial charge on any atom is 0.231 e. The smallest absolute Gasteiger partial charge is 0.231 e. The Morgan fingerprint density at radius 2 is 1.79 bits per heavy atom. The molecule has 1 aromatic carbocycles. The number of ether oxygens (including phenoxy) is 2. The number of unbranched alkanes of at least 4 members (excludes halogenated alkanes) is 3. The molecular formula is C30H42N6O3. The number of hydrogen-bond donors (Lipinski definition) is 2. The van der Waals surface area contributed by atoms with E-state index in [0.29, 0.717) is 30.7 Å². The average molecular weight is 535 g/mol. The zero-order chi connectivity index (χ0) is 26.9. The molecule has 1 atom stereocenters. The van der Waals surface area contributed by atoms with E-state index in [1.54, 1.807) is 6.33 Å². The molecule has 2 aromatic heterocycles. The van der Waals surface area contributed by atoms with Crippen LogP contribution in [0.3, 0.4) is 0 Å². The summed E-state index contributed by atoms with van der Waals surface area (Å²) in [4.78, 5) is 26.1. The van der Waals surface area contributed by atoms with Gasteiger partial charge in [0.1, 0.15) is 17.4 Å². The first-order valence-corrected chi connectivity index (χ1v) is 14.8. The number of nitrogens with one attached hydrogen (secondary N) is 2. The van der Waals surface area contributed by atoms with Crippen LogP contribution in [0.25, 0.3) is 11.2 Å². The molecule has 2 fully saturated rings. The van der Waals surface area contributed by atoms with Crippen LogP contribution in [0.1, 0.15) is 83.5 Å². The Balaban J connectivity index is 1.06. The lowest BCUT2D eigenvalue weighted by Gasteiger charge is -2.23. The molecular weight excluding hydrogens is 492 g/mol. The molecule has 9 heteroatoms. The highest BCUT2D eigenvalue weighted by atomic mass is 16.5. The number of carbonyl (C=O) groups is 1. The maximum atomic E-state index is 12.2. The fourth-order valence-corrected chi connectivity index (χ4v) is 5.52. The van der Waals surface area contributed by atoms with Crippen LogP contribution >= 0.6 is 0 Å². The second-order valence-electron chi connectivity index (χ2n) is 10.9. The minimum absolute atomic E-state index is 0.149. The number of hydrogen-bond acceptors (Lipinski definition) is 8. The monoisotopic (exact) mass is 534 g/mol. The number of ketones is 1. The summed E-state index contributed by atoms with van der Waals surface area (Å²) in [7, 11) is 1.98. The van der Waals surface area contributed by atoms with Gasteiger partial charge in [0.15, 0.2) is 17.2 Å². The van der Waals surface area contributed by atoms with E-state index in [1.165, 1.54) is 32.1 Å². The summed E-state index contributed by atoms with van der Waals surface area (Å²) in [5.41, 5.74) is 2.51. The van der Waals surface area contributed by atoms with E-state index < -0.39 is 0 Å². The van der Waals surface area contributed by atoms with Crippen molar-refractivity contribution in [1.82, 2.24) is 19.5 Å². The lowest BCUT2D eigenvalue weighted by atomic mass is 9.95. The fraction of sp³-hybridized carbons (Fsp3) is 0.600.